The molecule has 2 rings (SSSR count). The summed E-state index contributed by atoms with van der Waals surface area (Å²) in [6.07, 6.45) is -0.00144. The third-order valence-electron chi connectivity index (χ3n) is 3.85. The molecule has 0 aliphatic heterocycles. The van der Waals surface area contributed by atoms with Gasteiger partial charge in [-0.1, -0.05) is 12.1 Å². The molecule has 26 heavy (non-hydrogen) atoms. The Morgan fingerprint density at radius 3 is 2.27 bits per heavy atom. The number of carbonyl (C=O) groups excluding carboxylic acids is 2. The lowest BCUT2D eigenvalue weighted by Crippen LogP contribution is -2.28. The van der Waals surface area contributed by atoms with Crippen LogP contribution in [0.3, 0.4) is 0 Å². The summed E-state index contributed by atoms with van der Waals surface area (Å²) in [6, 6.07) is 11.7. The molecule has 2 aromatic rings. The zero-order valence-electron chi connectivity index (χ0n) is 15.0. The quantitative estimate of drug-likeness (QED) is 0.729. The molecule has 0 bridgehead atoms. The molecule has 0 heterocycles. The van der Waals surface area contributed by atoms with Crippen LogP contribution in [-0.4, -0.2) is 26.7 Å². The van der Waals surface area contributed by atoms with Crippen LogP contribution in [0.25, 0.3) is 0 Å². The van der Waals surface area contributed by atoms with Gasteiger partial charge < -0.3 is 5.32 Å². The van der Waals surface area contributed by atoms with E-state index in [9.17, 15) is 18.0 Å². The van der Waals surface area contributed by atoms with E-state index in [1.165, 1.54) is 6.92 Å². The number of rotatable bonds is 7. The third-order valence-corrected chi connectivity index (χ3v) is 5.46. The number of aryl methyl sites for hydroxylation is 2. The van der Waals surface area contributed by atoms with E-state index < -0.39 is 10.0 Å². The van der Waals surface area contributed by atoms with Crippen LogP contribution in [0.5, 0.6) is 0 Å². The van der Waals surface area contributed by atoms with Gasteiger partial charge in [-0.05, 0) is 62.2 Å². The smallest absolute Gasteiger partial charge is 0.240 e. The number of sulfonamides is 1. The van der Waals surface area contributed by atoms with E-state index in [-0.39, 0.29) is 29.6 Å². The molecule has 0 saturated heterocycles. The van der Waals surface area contributed by atoms with Crippen molar-refractivity contribution in [3.63, 3.8) is 0 Å². The van der Waals surface area contributed by atoms with Crippen LogP contribution >= 0.6 is 0 Å². The first kappa shape index (κ1) is 19.8. The summed E-state index contributed by atoms with van der Waals surface area (Å²) in [7, 11) is -3.66. The van der Waals surface area contributed by atoms with Gasteiger partial charge in [0, 0.05) is 24.2 Å². The second-order valence-corrected chi connectivity index (χ2v) is 7.83. The predicted molar refractivity (Wildman–Crippen MR) is 101 cm³/mol. The second kappa shape index (κ2) is 8.25. The highest BCUT2D eigenvalue weighted by Crippen LogP contribution is 2.16. The first-order valence-corrected chi connectivity index (χ1v) is 9.65. The maximum Gasteiger partial charge on any atom is 0.240 e. The summed E-state index contributed by atoms with van der Waals surface area (Å²) in [5.74, 6) is -0.368. The van der Waals surface area contributed by atoms with Gasteiger partial charge in [-0.2, -0.15) is 0 Å². The predicted octanol–water partition coefficient (Wildman–Crippen LogP) is 2.81. The van der Waals surface area contributed by atoms with Crippen molar-refractivity contribution in [3.05, 3.63) is 59.2 Å². The van der Waals surface area contributed by atoms with E-state index in [1.54, 1.807) is 43.3 Å². The van der Waals surface area contributed by atoms with Crippen LogP contribution in [0.2, 0.25) is 0 Å². The van der Waals surface area contributed by atoms with Gasteiger partial charge in [0.2, 0.25) is 15.9 Å². The Bertz CT molecular complexity index is 919. The van der Waals surface area contributed by atoms with Crippen molar-refractivity contribution >= 4 is 27.4 Å². The molecule has 0 aromatic heterocycles. The van der Waals surface area contributed by atoms with E-state index in [0.717, 1.165) is 5.56 Å². The van der Waals surface area contributed by atoms with Crippen LogP contribution in [0.15, 0.2) is 47.4 Å². The van der Waals surface area contributed by atoms with Gasteiger partial charge in [0.1, 0.15) is 0 Å². The van der Waals surface area contributed by atoms with E-state index in [2.05, 4.69) is 10.0 Å². The molecule has 0 atom stereocenters. The molecular weight excluding hydrogens is 352 g/mol. The lowest BCUT2D eigenvalue weighted by Gasteiger charge is -2.10. The topological polar surface area (TPSA) is 92.3 Å². The third kappa shape index (κ3) is 5.24. The van der Waals surface area contributed by atoms with Crippen LogP contribution in [0.4, 0.5) is 5.69 Å². The normalized spacial score (nSPS) is 11.2. The number of nitrogens with one attached hydrogen (secondary N) is 2. The summed E-state index contributed by atoms with van der Waals surface area (Å²) < 4.78 is 27.2. The van der Waals surface area contributed by atoms with Crippen LogP contribution < -0.4 is 10.0 Å². The molecule has 138 valence electrons. The highest BCUT2D eigenvalue weighted by molar-refractivity contribution is 7.89. The summed E-state index contributed by atoms with van der Waals surface area (Å²) >= 11 is 0. The zero-order valence-corrected chi connectivity index (χ0v) is 15.8. The number of Topliss-reactive ketones (excluding diaryl/α,β-unsaturated/α-hetero) is 1. The summed E-state index contributed by atoms with van der Waals surface area (Å²) in [5.41, 5.74) is 2.61. The Morgan fingerprint density at radius 1 is 1.00 bits per heavy atom. The second-order valence-electron chi connectivity index (χ2n) is 6.10. The number of carbonyl (C=O) groups is 2. The van der Waals surface area contributed by atoms with E-state index in [0.29, 0.717) is 16.8 Å². The number of amides is 1. The Hall–Kier alpha value is -2.51. The van der Waals surface area contributed by atoms with Crippen molar-refractivity contribution < 1.29 is 18.0 Å². The molecule has 6 nitrogen and oxygen atoms in total. The molecule has 0 radical (unpaired) electrons. The van der Waals surface area contributed by atoms with Crippen molar-refractivity contribution in [2.24, 2.45) is 0 Å². The number of ketones is 1. The first-order valence-electron chi connectivity index (χ1n) is 8.17. The van der Waals surface area contributed by atoms with Crippen LogP contribution in [0.1, 0.15) is 34.8 Å². The molecule has 0 fully saturated rings. The summed E-state index contributed by atoms with van der Waals surface area (Å²) in [4.78, 5) is 23.4. The van der Waals surface area contributed by atoms with Gasteiger partial charge in [0.05, 0.1) is 4.90 Å². The molecule has 0 saturated carbocycles. The van der Waals surface area contributed by atoms with Gasteiger partial charge in [0.15, 0.2) is 5.78 Å². The SMILES string of the molecule is CC(=O)c1ccc(NC(=O)CCNS(=O)(=O)c2cc(C)ccc2C)cc1. The monoisotopic (exact) mass is 374 g/mol. The fourth-order valence-electron chi connectivity index (χ4n) is 2.39. The number of benzene rings is 2. The molecule has 1 amide bonds. The average molecular weight is 374 g/mol. The summed E-state index contributed by atoms with van der Waals surface area (Å²) in [6.45, 7) is 5.01. The van der Waals surface area contributed by atoms with Gasteiger partial charge in [-0.3, -0.25) is 9.59 Å². The van der Waals surface area contributed by atoms with Crippen molar-refractivity contribution in [2.75, 3.05) is 11.9 Å². The van der Waals surface area contributed by atoms with Crippen molar-refractivity contribution in [2.45, 2.75) is 32.1 Å². The highest BCUT2D eigenvalue weighted by atomic mass is 32.2. The van der Waals surface area contributed by atoms with E-state index in [1.807, 2.05) is 13.0 Å². The first-order chi connectivity index (χ1) is 12.2. The minimum Gasteiger partial charge on any atom is -0.326 e. The maximum atomic E-state index is 12.4. The van der Waals surface area contributed by atoms with Crippen LogP contribution in [-0.2, 0) is 14.8 Å². The molecule has 0 spiro atoms. The minimum atomic E-state index is -3.66. The average Bonchev–Trinajstić information content (AvgIpc) is 2.57. The molecule has 2 N–H and O–H groups in total. The Morgan fingerprint density at radius 2 is 1.65 bits per heavy atom. The van der Waals surface area contributed by atoms with E-state index in [4.69, 9.17) is 0 Å². The molecule has 7 heteroatoms. The molecule has 0 unspecified atom stereocenters. The molecule has 0 aliphatic rings. The van der Waals surface area contributed by atoms with Crippen LogP contribution in [0, 0.1) is 13.8 Å². The Kier molecular flexibility index (Phi) is 6.28. The van der Waals surface area contributed by atoms with Gasteiger partial charge >= 0.3 is 0 Å². The number of hydrogen-bond acceptors (Lipinski definition) is 4. The molecule has 2 aromatic carbocycles. The summed E-state index contributed by atoms with van der Waals surface area (Å²) in [5, 5.41) is 2.67. The zero-order chi connectivity index (χ0) is 19.3. The lowest BCUT2D eigenvalue weighted by molar-refractivity contribution is -0.116. The van der Waals surface area contributed by atoms with Gasteiger partial charge in [0.25, 0.3) is 0 Å². The van der Waals surface area contributed by atoms with Crippen molar-refractivity contribution in [3.8, 4) is 0 Å². The minimum absolute atomic E-state index is 0.00144. The lowest BCUT2D eigenvalue weighted by atomic mass is 10.1. The fraction of sp³-hybridized carbons (Fsp3) is 0.263. The number of hydrogen-bond donors (Lipinski definition) is 2. The molecule has 0 aliphatic carbocycles. The highest BCUT2D eigenvalue weighted by Gasteiger charge is 2.17. The maximum absolute atomic E-state index is 12.4. The van der Waals surface area contributed by atoms with Crippen molar-refractivity contribution in [1.29, 1.82) is 0 Å². The van der Waals surface area contributed by atoms with Gasteiger partial charge in [-0.15, -0.1) is 0 Å². The van der Waals surface area contributed by atoms with E-state index >= 15 is 0 Å². The fourth-order valence-corrected chi connectivity index (χ4v) is 3.74. The Balaban J connectivity index is 1.91. The van der Waals surface area contributed by atoms with Crippen molar-refractivity contribution in [1.82, 2.24) is 4.72 Å². The van der Waals surface area contributed by atoms with Gasteiger partial charge in [-0.25, -0.2) is 13.1 Å². The Labute approximate surface area is 153 Å². The number of anilines is 1. The standard InChI is InChI=1S/C19H22N2O4S/c1-13-4-5-14(2)18(12-13)26(24,25)20-11-10-19(23)21-17-8-6-16(7-9-17)15(3)22/h4-9,12,20H,10-11H2,1-3H3,(H,21,23). The largest absolute Gasteiger partial charge is 0.326 e. The molecular formula is C19H22N2O4S.